The van der Waals surface area contributed by atoms with Crippen molar-refractivity contribution in [3.8, 4) is 11.5 Å². The third-order valence-electron chi connectivity index (χ3n) is 4.81. The lowest BCUT2D eigenvalue weighted by Crippen LogP contribution is -2.48. The van der Waals surface area contributed by atoms with Gasteiger partial charge < -0.3 is 19.7 Å². The minimum absolute atomic E-state index is 0.0912. The number of rotatable bonds is 7. The molecule has 0 bridgehead atoms. The summed E-state index contributed by atoms with van der Waals surface area (Å²) in [6.07, 6.45) is 2.98. The quantitative estimate of drug-likeness (QED) is 0.823. The fourth-order valence-electron chi connectivity index (χ4n) is 3.45. The number of nitrogens with one attached hydrogen (secondary N) is 1. The second-order valence-corrected chi connectivity index (χ2v) is 7.22. The van der Waals surface area contributed by atoms with Crippen molar-refractivity contribution in [1.29, 1.82) is 0 Å². The largest absolute Gasteiger partial charge is 0.493 e. The topological polar surface area (TPSA) is 50.8 Å². The highest BCUT2D eigenvalue weighted by molar-refractivity contribution is 5.78. The molecule has 1 amide bonds. The summed E-state index contributed by atoms with van der Waals surface area (Å²) in [5.74, 6) is 1.90. The minimum Gasteiger partial charge on any atom is -0.493 e. The van der Waals surface area contributed by atoms with Gasteiger partial charge in [0.25, 0.3) is 0 Å². The lowest BCUT2D eigenvalue weighted by atomic mass is 10.0. The number of hydrogen-bond acceptors (Lipinski definition) is 4. The second kappa shape index (κ2) is 9.09. The zero-order valence-corrected chi connectivity index (χ0v) is 16.2. The Morgan fingerprint density at radius 1 is 1.16 bits per heavy atom. The van der Waals surface area contributed by atoms with E-state index < -0.39 is 0 Å². The standard InChI is InChI=1S/C20H32N2O3/c1-14(2)20(23)22-10-8-17(9-11-22)21-15(3)12-16-6-7-18(24-4)19(13-16)25-5/h6-7,13-15,17,21H,8-12H2,1-5H3. The van der Waals surface area contributed by atoms with Gasteiger partial charge in [-0.05, 0) is 43.9 Å². The number of piperidine rings is 1. The van der Waals surface area contributed by atoms with Crippen LogP contribution in [0.3, 0.4) is 0 Å². The van der Waals surface area contributed by atoms with Gasteiger partial charge in [0.05, 0.1) is 14.2 Å². The summed E-state index contributed by atoms with van der Waals surface area (Å²) in [6.45, 7) is 7.87. The molecule has 0 aliphatic carbocycles. The van der Waals surface area contributed by atoms with E-state index >= 15 is 0 Å². The van der Waals surface area contributed by atoms with Crippen LogP contribution in [0.5, 0.6) is 11.5 Å². The molecule has 1 aliphatic heterocycles. The summed E-state index contributed by atoms with van der Waals surface area (Å²) in [5, 5.41) is 3.71. The molecule has 0 aromatic heterocycles. The summed E-state index contributed by atoms with van der Waals surface area (Å²) in [4.78, 5) is 14.1. The number of likely N-dealkylation sites (tertiary alicyclic amines) is 1. The molecule has 1 saturated heterocycles. The van der Waals surface area contributed by atoms with Crippen LogP contribution in [-0.2, 0) is 11.2 Å². The van der Waals surface area contributed by atoms with E-state index in [4.69, 9.17) is 9.47 Å². The highest BCUT2D eigenvalue weighted by atomic mass is 16.5. The predicted molar refractivity (Wildman–Crippen MR) is 100 cm³/mol. The van der Waals surface area contributed by atoms with Crippen molar-refractivity contribution < 1.29 is 14.3 Å². The minimum atomic E-state index is 0.0912. The Morgan fingerprint density at radius 2 is 1.80 bits per heavy atom. The number of hydrogen-bond donors (Lipinski definition) is 1. The van der Waals surface area contributed by atoms with Gasteiger partial charge in [0.2, 0.25) is 5.91 Å². The molecule has 1 N–H and O–H groups in total. The molecule has 1 aromatic carbocycles. The fourth-order valence-corrected chi connectivity index (χ4v) is 3.45. The first-order chi connectivity index (χ1) is 11.9. The number of amides is 1. The van der Waals surface area contributed by atoms with Crippen LogP contribution in [0.1, 0.15) is 39.2 Å². The normalized spacial score (nSPS) is 16.8. The van der Waals surface area contributed by atoms with Crippen LogP contribution in [0.2, 0.25) is 0 Å². The molecule has 1 aromatic rings. The molecule has 0 radical (unpaired) electrons. The first kappa shape index (κ1) is 19.6. The Hall–Kier alpha value is -1.75. The molecule has 5 heteroatoms. The molecule has 0 spiro atoms. The first-order valence-corrected chi connectivity index (χ1v) is 9.20. The van der Waals surface area contributed by atoms with E-state index in [9.17, 15) is 4.79 Å². The number of methoxy groups -OCH3 is 2. The Bertz CT molecular complexity index is 566. The van der Waals surface area contributed by atoms with E-state index in [-0.39, 0.29) is 11.8 Å². The van der Waals surface area contributed by atoms with E-state index in [1.807, 2.05) is 30.9 Å². The monoisotopic (exact) mass is 348 g/mol. The van der Waals surface area contributed by atoms with Crippen molar-refractivity contribution in [2.24, 2.45) is 5.92 Å². The average molecular weight is 348 g/mol. The summed E-state index contributed by atoms with van der Waals surface area (Å²) < 4.78 is 10.7. The maximum absolute atomic E-state index is 12.1. The maximum atomic E-state index is 12.1. The van der Waals surface area contributed by atoms with Crippen molar-refractivity contribution in [3.05, 3.63) is 23.8 Å². The third kappa shape index (κ3) is 5.36. The second-order valence-electron chi connectivity index (χ2n) is 7.22. The van der Waals surface area contributed by atoms with Crippen LogP contribution in [0.4, 0.5) is 0 Å². The summed E-state index contributed by atoms with van der Waals surface area (Å²) in [7, 11) is 3.31. The zero-order valence-electron chi connectivity index (χ0n) is 16.2. The van der Waals surface area contributed by atoms with Gasteiger partial charge in [0.1, 0.15) is 0 Å². The molecule has 0 saturated carbocycles. The van der Waals surface area contributed by atoms with Crippen molar-refractivity contribution in [1.82, 2.24) is 10.2 Å². The van der Waals surface area contributed by atoms with Crippen LogP contribution >= 0.6 is 0 Å². The average Bonchev–Trinajstić information content (AvgIpc) is 2.61. The van der Waals surface area contributed by atoms with Gasteiger partial charge in [-0.1, -0.05) is 19.9 Å². The number of carbonyl (C=O) groups is 1. The highest BCUT2D eigenvalue weighted by Crippen LogP contribution is 2.28. The lowest BCUT2D eigenvalue weighted by molar-refractivity contribution is -0.135. The smallest absolute Gasteiger partial charge is 0.225 e. The third-order valence-corrected chi connectivity index (χ3v) is 4.81. The SMILES string of the molecule is COc1ccc(CC(C)NC2CCN(C(=O)C(C)C)CC2)cc1OC. The van der Waals surface area contributed by atoms with Crippen LogP contribution < -0.4 is 14.8 Å². The molecular weight excluding hydrogens is 316 g/mol. The highest BCUT2D eigenvalue weighted by Gasteiger charge is 2.24. The molecule has 140 valence electrons. The van der Waals surface area contributed by atoms with Gasteiger partial charge in [-0.3, -0.25) is 4.79 Å². The molecule has 25 heavy (non-hydrogen) atoms. The number of benzene rings is 1. The van der Waals surface area contributed by atoms with Gasteiger partial charge in [0, 0.05) is 31.1 Å². The molecule has 1 heterocycles. The van der Waals surface area contributed by atoms with Gasteiger partial charge in [-0.25, -0.2) is 0 Å². The Labute approximate surface area is 151 Å². The van der Waals surface area contributed by atoms with Crippen molar-refractivity contribution in [2.45, 2.75) is 52.1 Å². The number of ether oxygens (including phenoxy) is 2. The predicted octanol–water partition coefficient (Wildman–Crippen LogP) is 2.87. The van der Waals surface area contributed by atoms with Gasteiger partial charge >= 0.3 is 0 Å². The maximum Gasteiger partial charge on any atom is 0.225 e. The Balaban J connectivity index is 1.83. The Morgan fingerprint density at radius 3 is 2.36 bits per heavy atom. The van der Waals surface area contributed by atoms with E-state index in [1.54, 1.807) is 14.2 Å². The van der Waals surface area contributed by atoms with Crippen LogP contribution in [0.25, 0.3) is 0 Å². The summed E-state index contributed by atoms with van der Waals surface area (Å²) in [5.41, 5.74) is 1.23. The van der Waals surface area contributed by atoms with Crippen molar-refractivity contribution in [2.75, 3.05) is 27.3 Å². The molecular formula is C20H32N2O3. The van der Waals surface area contributed by atoms with Gasteiger partial charge in [-0.2, -0.15) is 0 Å². The molecule has 1 atom stereocenters. The van der Waals surface area contributed by atoms with E-state index in [0.29, 0.717) is 12.1 Å². The van der Waals surface area contributed by atoms with Crippen molar-refractivity contribution in [3.63, 3.8) is 0 Å². The molecule has 1 aliphatic rings. The first-order valence-electron chi connectivity index (χ1n) is 9.20. The lowest BCUT2D eigenvalue weighted by Gasteiger charge is -2.35. The van der Waals surface area contributed by atoms with Crippen molar-refractivity contribution >= 4 is 5.91 Å². The molecule has 1 fully saturated rings. The Kier molecular flexibility index (Phi) is 7.12. The molecule has 1 unspecified atom stereocenters. The van der Waals surface area contributed by atoms with Crippen LogP contribution in [-0.4, -0.2) is 50.2 Å². The van der Waals surface area contributed by atoms with Gasteiger partial charge in [0.15, 0.2) is 11.5 Å². The zero-order chi connectivity index (χ0) is 18.4. The molecule has 5 nitrogen and oxygen atoms in total. The van der Waals surface area contributed by atoms with Gasteiger partial charge in [-0.15, -0.1) is 0 Å². The molecule has 2 rings (SSSR count). The fraction of sp³-hybridized carbons (Fsp3) is 0.650. The van der Waals surface area contributed by atoms with E-state index in [2.05, 4.69) is 18.3 Å². The number of nitrogens with zero attached hydrogens (tertiary/aromatic N) is 1. The summed E-state index contributed by atoms with van der Waals surface area (Å²) in [6, 6.07) is 6.93. The summed E-state index contributed by atoms with van der Waals surface area (Å²) >= 11 is 0. The van der Waals surface area contributed by atoms with Crippen LogP contribution in [0.15, 0.2) is 18.2 Å². The van der Waals surface area contributed by atoms with E-state index in [0.717, 1.165) is 43.9 Å². The van der Waals surface area contributed by atoms with Crippen LogP contribution in [0, 0.1) is 5.92 Å². The van der Waals surface area contributed by atoms with E-state index in [1.165, 1.54) is 5.56 Å². The number of carbonyl (C=O) groups excluding carboxylic acids is 1.